The summed E-state index contributed by atoms with van der Waals surface area (Å²) in [5, 5.41) is 0. The zero-order valence-corrected chi connectivity index (χ0v) is 9.10. The molecule has 1 aliphatic carbocycles. The molecule has 1 nitrogen and oxygen atoms in total. The number of carbonyl (C=O) groups excluding carboxylic acids is 1. The number of carbonyl (C=O) groups is 1. The van der Waals surface area contributed by atoms with Gasteiger partial charge >= 0.3 is 0 Å². The summed E-state index contributed by atoms with van der Waals surface area (Å²) in [7, 11) is 0. The summed E-state index contributed by atoms with van der Waals surface area (Å²) >= 11 is 0. The second-order valence-corrected chi connectivity index (χ2v) is 3.75. The van der Waals surface area contributed by atoms with E-state index in [-0.39, 0.29) is 5.78 Å². The van der Waals surface area contributed by atoms with E-state index in [1.807, 2.05) is 60.7 Å². The molecule has 0 fully saturated rings. The van der Waals surface area contributed by atoms with Crippen LogP contribution in [0.3, 0.4) is 0 Å². The van der Waals surface area contributed by atoms with Crippen molar-refractivity contribution in [2.24, 2.45) is 0 Å². The minimum Gasteiger partial charge on any atom is -0.294 e. The Kier molecular flexibility index (Phi) is 3.50. The largest absolute Gasteiger partial charge is 0.294 e. The molecular formula is C15H14O. The third-order valence-electron chi connectivity index (χ3n) is 2.53. The van der Waals surface area contributed by atoms with Gasteiger partial charge in [-0.3, -0.25) is 4.79 Å². The zero-order valence-electron chi connectivity index (χ0n) is 9.10. The third kappa shape index (κ3) is 2.80. The predicted molar refractivity (Wildman–Crippen MR) is 66.9 cm³/mol. The number of ketones is 1. The molecule has 0 N–H and O–H groups in total. The molecule has 1 aromatic carbocycles. The molecule has 0 atom stereocenters. The Labute approximate surface area is 95.8 Å². The van der Waals surface area contributed by atoms with Crippen molar-refractivity contribution in [2.45, 2.75) is 12.8 Å². The van der Waals surface area contributed by atoms with E-state index in [2.05, 4.69) is 0 Å². The Morgan fingerprint density at radius 1 is 1.00 bits per heavy atom. The molecule has 1 heteroatoms. The van der Waals surface area contributed by atoms with Gasteiger partial charge in [-0.2, -0.15) is 0 Å². The van der Waals surface area contributed by atoms with Crippen LogP contribution in [0.25, 0.3) is 6.08 Å². The smallest absolute Gasteiger partial charge is 0.162 e. The van der Waals surface area contributed by atoms with Crippen LogP contribution in [0.1, 0.15) is 18.4 Å². The van der Waals surface area contributed by atoms with Gasteiger partial charge in [0, 0.05) is 12.0 Å². The van der Waals surface area contributed by atoms with Crippen LogP contribution in [0, 0.1) is 0 Å². The second kappa shape index (κ2) is 5.26. The van der Waals surface area contributed by atoms with Gasteiger partial charge in [0.15, 0.2) is 5.78 Å². The van der Waals surface area contributed by atoms with Crippen LogP contribution in [-0.2, 0) is 4.79 Å². The van der Waals surface area contributed by atoms with Crippen LogP contribution in [0.5, 0.6) is 0 Å². The number of hydrogen-bond donors (Lipinski definition) is 0. The van der Waals surface area contributed by atoms with Crippen LogP contribution < -0.4 is 0 Å². The van der Waals surface area contributed by atoms with Crippen LogP contribution in [0.15, 0.2) is 60.2 Å². The summed E-state index contributed by atoms with van der Waals surface area (Å²) in [6.07, 6.45) is 11.3. The Balaban J connectivity index is 1.95. The highest BCUT2D eigenvalue weighted by atomic mass is 16.1. The highest BCUT2D eigenvalue weighted by Gasteiger charge is 2.10. The molecule has 0 spiro atoms. The minimum atomic E-state index is 0.254. The van der Waals surface area contributed by atoms with Gasteiger partial charge in [0.2, 0.25) is 0 Å². The summed E-state index contributed by atoms with van der Waals surface area (Å²) in [6, 6.07) is 10.1. The monoisotopic (exact) mass is 210 g/mol. The maximum atomic E-state index is 11.3. The summed E-state index contributed by atoms with van der Waals surface area (Å²) in [5.41, 5.74) is 2.01. The maximum Gasteiger partial charge on any atom is 0.162 e. The molecule has 16 heavy (non-hydrogen) atoms. The third-order valence-corrected chi connectivity index (χ3v) is 2.53. The van der Waals surface area contributed by atoms with Gasteiger partial charge in [0.1, 0.15) is 0 Å². The van der Waals surface area contributed by atoms with Gasteiger partial charge in [0.05, 0.1) is 0 Å². The molecule has 1 aliphatic rings. The van der Waals surface area contributed by atoms with Gasteiger partial charge < -0.3 is 0 Å². The minimum absolute atomic E-state index is 0.254. The highest BCUT2D eigenvalue weighted by Crippen LogP contribution is 2.14. The highest BCUT2D eigenvalue weighted by molar-refractivity contribution is 6.00. The van der Waals surface area contributed by atoms with Crippen molar-refractivity contribution in [3.8, 4) is 0 Å². The lowest BCUT2D eigenvalue weighted by molar-refractivity contribution is -0.114. The van der Waals surface area contributed by atoms with Crippen LogP contribution in [-0.4, -0.2) is 5.78 Å². The second-order valence-electron chi connectivity index (χ2n) is 3.75. The molecule has 0 saturated carbocycles. The number of allylic oxidation sites excluding steroid dienone is 5. The lowest BCUT2D eigenvalue weighted by Gasteiger charge is -1.89. The Morgan fingerprint density at radius 2 is 1.75 bits per heavy atom. The molecular weight excluding hydrogens is 196 g/mol. The fourth-order valence-corrected chi connectivity index (χ4v) is 1.67. The number of Topliss-reactive ketones (excluding diaryl/α,β-unsaturated/α-hetero) is 1. The topological polar surface area (TPSA) is 17.1 Å². The van der Waals surface area contributed by atoms with Crippen molar-refractivity contribution >= 4 is 11.9 Å². The summed E-state index contributed by atoms with van der Waals surface area (Å²) in [6.45, 7) is 0. The van der Waals surface area contributed by atoms with E-state index in [0.717, 1.165) is 12.0 Å². The fourth-order valence-electron chi connectivity index (χ4n) is 1.67. The van der Waals surface area contributed by atoms with Crippen molar-refractivity contribution in [2.75, 3.05) is 0 Å². The molecule has 0 aliphatic heterocycles. The predicted octanol–water partition coefficient (Wildman–Crippen LogP) is 3.55. The van der Waals surface area contributed by atoms with Gasteiger partial charge in [-0.1, -0.05) is 60.7 Å². The van der Waals surface area contributed by atoms with E-state index in [1.165, 1.54) is 5.56 Å². The van der Waals surface area contributed by atoms with Gasteiger partial charge in [-0.05, 0) is 12.0 Å². The first-order valence-electron chi connectivity index (χ1n) is 5.49. The average Bonchev–Trinajstić information content (AvgIpc) is 2.72. The van der Waals surface area contributed by atoms with Crippen molar-refractivity contribution < 1.29 is 4.79 Å². The Morgan fingerprint density at radius 3 is 2.44 bits per heavy atom. The van der Waals surface area contributed by atoms with Gasteiger partial charge in [-0.15, -0.1) is 0 Å². The van der Waals surface area contributed by atoms with Gasteiger partial charge in [0.25, 0.3) is 0 Å². The van der Waals surface area contributed by atoms with E-state index in [9.17, 15) is 4.79 Å². The molecule has 0 aromatic heterocycles. The van der Waals surface area contributed by atoms with Crippen molar-refractivity contribution in [3.05, 3.63) is 65.8 Å². The van der Waals surface area contributed by atoms with Gasteiger partial charge in [-0.25, -0.2) is 0 Å². The van der Waals surface area contributed by atoms with Crippen molar-refractivity contribution in [1.82, 2.24) is 0 Å². The molecule has 0 amide bonds. The summed E-state index contributed by atoms with van der Waals surface area (Å²) < 4.78 is 0. The number of benzene rings is 1. The first-order valence-corrected chi connectivity index (χ1v) is 5.49. The standard InChI is InChI=1S/C15H14O/c16-15-12-6-11-14(15)10-5-4-9-13-7-2-1-3-8-13/h1-5,7-11H,6,12H2/b9-4+,10-5+. The van der Waals surface area contributed by atoms with E-state index >= 15 is 0 Å². The first-order chi connectivity index (χ1) is 7.86. The zero-order chi connectivity index (χ0) is 11.2. The Bertz CT molecular complexity index is 450. The fraction of sp³-hybridized carbons (Fsp3) is 0.133. The molecule has 0 bridgehead atoms. The Hall–Kier alpha value is -1.89. The molecule has 0 unspecified atom stereocenters. The number of rotatable bonds is 3. The van der Waals surface area contributed by atoms with E-state index < -0.39 is 0 Å². The lowest BCUT2D eigenvalue weighted by Crippen LogP contribution is -1.90. The molecule has 80 valence electrons. The molecule has 0 heterocycles. The molecule has 0 radical (unpaired) electrons. The quantitative estimate of drug-likeness (QED) is 0.697. The lowest BCUT2D eigenvalue weighted by atomic mass is 10.2. The average molecular weight is 210 g/mol. The normalized spacial score (nSPS) is 16.2. The number of hydrogen-bond acceptors (Lipinski definition) is 1. The molecule has 1 aromatic rings. The molecule has 2 rings (SSSR count). The first kappa shape index (κ1) is 10.6. The van der Waals surface area contributed by atoms with E-state index in [0.29, 0.717) is 6.42 Å². The van der Waals surface area contributed by atoms with Crippen LogP contribution in [0.2, 0.25) is 0 Å². The van der Waals surface area contributed by atoms with Crippen LogP contribution >= 0.6 is 0 Å². The summed E-state index contributed by atoms with van der Waals surface area (Å²) in [4.78, 5) is 11.3. The van der Waals surface area contributed by atoms with Crippen molar-refractivity contribution in [1.29, 1.82) is 0 Å². The molecule has 0 saturated heterocycles. The van der Waals surface area contributed by atoms with Crippen molar-refractivity contribution in [3.63, 3.8) is 0 Å². The SMILES string of the molecule is O=C1CCC=C1/C=C/C=C/c1ccccc1. The van der Waals surface area contributed by atoms with Crippen LogP contribution in [0.4, 0.5) is 0 Å². The maximum absolute atomic E-state index is 11.3. The van der Waals surface area contributed by atoms with E-state index in [1.54, 1.807) is 0 Å². The summed E-state index contributed by atoms with van der Waals surface area (Å²) in [5.74, 6) is 0.254. The van der Waals surface area contributed by atoms with E-state index in [4.69, 9.17) is 0 Å².